The molecule has 0 unspecified atom stereocenters. The molecule has 1 heterocycles. The van der Waals surface area contributed by atoms with Crippen LogP contribution >= 0.6 is 0 Å². The number of nitro groups is 1. The third kappa shape index (κ3) is 12.0. The summed E-state index contributed by atoms with van der Waals surface area (Å²) in [7, 11) is 0. The lowest BCUT2D eigenvalue weighted by molar-refractivity contribution is -0.384. The number of ether oxygens (including phenoxy) is 3. The molecule has 0 aromatic heterocycles. The SMILES string of the molecule is C=CCO[C@@]12Oc3ccc(Oc4ccc(-c5ccccc5)cc4)cc3[C@H]3[C@H](CCCCO)[C@@H](CCCCO)C=C(C(=NOCc4ccc([N+](=O)[O-])cc4)C[C@@H]1N(Cc1ccc(F)cc1)C(=O)CCC1CCCC1)[C@H]32. The fourth-order valence-corrected chi connectivity index (χ4v) is 12.0. The van der Waals surface area contributed by atoms with Gasteiger partial charge in [-0.2, -0.15) is 0 Å². The molecule has 5 aromatic rings. The van der Waals surface area contributed by atoms with Crippen LogP contribution in [0.1, 0.15) is 106 Å². The molecule has 2 saturated carbocycles. The van der Waals surface area contributed by atoms with Crippen LogP contribution < -0.4 is 9.47 Å². The Morgan fingerprint density at radius 1 is 0.851 bits per heavy atom. The number of fused-ring (bicyclic) bond motifs is 2. The molecule has 74 heavy (non-hydrogen) atoms. The summed E-state index contributed by atoms with van der Waals surface area (Å²) in [6.07, 6.45) is 14.0. The normalized spacial score (nSPS) is 22.5. The molecular formula is C61H68FN3O9. The van der Waals surface area contributed by atoms with E-state index in [-0.39, 0.29) is 74.6 Å². The second kappa shape index (κ2) is 24.6. The van der Waals surface area contributed by atoms with Gasteiger partial charge in [0.1, 0.15) is 35.7 Å². The van der Waals surface area contributed by atoms with Crippen LogP contribution in [-0.2, 0) is 27.5 Å². The van der Waals surface area contributed by atoms with Crippen molar-refractivity contribution in [1.82, 2.24) is 4.90 Å². The van der Waals surface area contributed by atoms with Gasteiger partial charge in [-0.05, 0) is 132 Å². The Morgan fingerprint density at radius 3 is 2.24 bits per heavy atom. The third-order valence-electron chi connectivity index (χ3n) is 15.6. The molecule has 4 aliphatic rings. The highest BCUT2D eigenvalue weighted by Crippen LogP contribution is 2.62. The zero-order chi connectivity index (χ0) is 51.4. The summed E-state index contributed by atoms with van der Waals surface area (Å²) in [4.78, 5) is 34.5. The number of hydrogen-bond acceptors (Lipinski definition) is 10. The highest BCUT2D eigenvalue weighted by molar-refractivity contribution is 6.03. The first-order chi connectivity index (χ1) is 36.2. The quantitative estimate of drug-likeness (QED) is 0.0266. The monoisotopic (exact) mass is 1010 g/mol. The second-order valence-corrected chi connectivity index (χ2v) is 20.3. The van der Waals surface area contributed by atoms with Crippen molar-refractivity contribution in [3.63, 3.8) is 0 Å². The fraction of sp³-hybridized carbons (Fsp3) is 0.410. The highest BCUT2D eigenvalue weighted by atomic mass is 19.1. The summed E-state index contributed by atoms with van der Waals surface area (Å²) >= 11 is 0. The Labute approximate surface area is 433 Å². The Morgan fingerprint density at radius 2 is 1.54 bits per heavy atom. The first-order valence-corrected chi connectivity index (χ1v) is 26.5. The van der Waals surface area contributed by atoms with E-state index in [1.807, 2.05) is 59.5 Å². The summed E-state index contributed by atoms with van der Waals surface area (Å²) in [6.45, 7) is 4.48. The Bertz CT molecular complexity index is 2740. The second-order valence-electron chi connectivity index (χ2n) is 20.3. The van der Waals surface area contributed by atoms with Gasteiger partial charge in [-0.15, -0.1) is 6.58 Å². The molecule has 2 fully saturated rings. The van der Waals surface area contributed by atoms with Crippen molar-refractivity contribution in [1.29, 1.82) is 0 Å². The van der Waals surface area contributed by atoms with Gasteiger partial charge < -0.3 is 34.2 Å². The maximum atomic E-state index is 15.3. The Balaban J connectivity index is 1.20. The first-order valence-electron chi connectivity index (χ1n) is 26.5. The molecule has 5 aromatic carbocycles. The minimum Gasteiger partial charge on any atom is -0.459 e. The maximum absolute atomic E-state index is 15.3. The summed E-state index contributed by atoms with van der Waals surface area (Å²) in [5, 5.41) is 36.7. The number of aliphatic hydroxyl groups is 2. The number of carbonyl (C=O) groups excluding carboxylic acids is 1. The number of oxime groups is 1. The van der Waals surface area contributed by atoms with Gasteiger partial charge in [0.05, 0.1) is 23.2 Å². The smallest absolute Gasteiger partial charge is 0.269 e. The van der Waals surface area contributed by atoms with Crippen molar-refractivity contribution < 1.29 is 43.4 Å². The third-order valence-corrected chi connectivity index (χ3v) is 15.6. The summed E-state index contributed by atoms with van der Waals surface area (Å²) in [5.41, 5.74) is 5.99. The number of nitrogens with zero attached hydrogens (tertiary/aromatic N) is 3. The number of halogens is 1. The summed E-state index contributed by atoms with van der Waals surface area (Å²) in [5.74, 6) is -0.505. The van der Waals surface area contributed by atoms with E-state index < -0.39 is 22.7 Å². The molecule has 1 amide bonds. The van der Waals surface area contributed by atoms with Gasteiger partial charge in [-0.1, -0.05) is 110 Å². The van der Waals surface area contributed by atoms with Crippen LogP contribution in [0.3, 0.4) is 0 Å². The number of benzene rings is 5. The van der Waals surface area contributed by atoms with Crippen molar-refractivity contribution in [2.75, 3.05) is 19.8 Å². The molecule has 6 atom stereocenters. The lowest BCUT2D eigenvalue weighted by atomic mass is 9.55. The predicted octanol–water partition coefficient (Wildman–Crippen LogP) is 13.0. The lowest BCUT2D eigenvalue weighted by Crippen LogP contribution is -2.70. The van der Waals surface area contributed by atoms with Gasteiger partial charge in [0.15, 0.2) is 0 Å². The number of rotatable bonds is 24. The van der Waals surface area contributed by atoms with Crippen molar-refractivity contribution in [3.05, 3.63) is 178 Å². The zero-order valence-corrected chi connectivity index (χ0v) is 42.1. The molecule has 12 nitrogen and oxygen atoms in total. The first kappa shape index (κ1) is 52.2. The highest BCUT2D eigenvalue weighted by Gasteiger charge is 2.65. The minimum absolute atomic E-state index is 0.00515. The van der Waals surface area contributed by atoms with Crippen molar-refractivity contribution in [2.45, 2.75) is 114 Å². The zero-order valence-electron chi connectivity index (χ0n) is 42.1. The van der Waals surface area contributed by atoms with E-state index in [9.17, 15) is 24.7 Å². The van der Waals surface area contributed by atoms with Crippen molar-refractivity contribution >= 4 is 17.3 Å². The Hall–Kier alpha value is -6.67. The van der Waals surface area contributed by atoms with Crippen LogP contribution in [0.5, 0.6) is 17.2 Å². The number of non-ortho nitro benzene ring substituents is 1. The average molecular weight is 1010 g/mol. The molecule has 13 heteroatoms. The van der Waals surface area contributed by atoms with Crippen LogP contribution in [0.15, 0.2) is 151 Å². The van der Waals surface area contributed by atoms with E-state index in [4.69, 9.17) is 24.2 Å². The fourth-order valence-electron chi connectivity index (χ4n) is 12.0. The number of amides is 1. The molecule has 388 valence electrons. The number of hydrogen-bond donors (Lipinski definition) is 2. The van der Waals surface area contributed by atoms with E-state index in [0.717, 1.165) is 85.6 Å². The molecular weight excluding hydrogens is 938 g/mol. The molecule has 0 radical (unpaired) electrons. The van der Waals surface area contributed by atoms with Gasteiger partial charge in [0.25, 0.3) is 5.69 Å². The van der Waals surface area contributed by atoms with Gasteiger partial charge in [-0.3, -0.25) is 14.9 Å². The summed E-state index contributed by atoms with van der Waals surface area (Å²) < 4.78 is 36.0. The Kier molecular flexibility index (Phi) is 17.3. The standard InChI is InChI=1S/C61H68FN3O9/c1-2-36-71-61-57(64(40-43-18-25-48(62)26-19-43)58(68)33-22-42-12-6-7-13-42)39-55(63-72-41-44-20-27-49(28-21-44)65(69)70)53-37-47(16-8-10-34-66)52(17-9-11-35-67)59(60(53)61)54-38-51(31-32-56(54)74-61)73-50-29-23-46(24-30-50)45-14-4-3-5-15-45/h2-5,14-15,18-21,23-32,37-38,42,47,52,57,59-60,66-67H,1,6-13,16-17,22,33-36,39-41H2/t47-,52+,57-,59+,60+,61+/m0/s1. The lowest BCUT2D eigenvalue weighted by Gasteiger charge is -2.60. The number of aliphatic hydroxyl groups excluding tert-OH is 2. The van der Waals surface area contributed by atoms with Crippen LogP contribution in [0, 0.1) is 39.6 Å². The van der Waals surface area contributed by atoms with E-state index in [1.54, 1.807) is 30.3 Å². The van der Waals surface area contributed by atoms with E-state index in [2.05, 4.69) is 30.9 Å². The van der Waals surface area contributed by atoms with Crippen molar-refractivity contribution in [3.8, 4) is 28.4 Å². The van der Waals surface area contributed by atoms with Crippen molar-refractivity contribution in [2.24, 2.45) is 28.8 Å². The van der Waals surface area contributed by atoms with Gasteiger partial charge in [0, 0.05) is 56.2 Å². The van der Waals surface area contributed by atoms with Crippen LogP contribution in [-0.4, -0.2) is 63.3 Å². The molecule has 3 aliphatic carbocycles. The molecule has 2 N–H and O–H groups in total. The predicted molar refractivity (Wildman–Crippen MR) is 283 cm³/mol. The van der Waals surface area contributed by atoms with Gasteiger partial charge in [-0.25, -0.2) is 4.39 Å². The van der Waals surface area contributed by atoms with Gasteiger partial charge >= 0.3 is 0 Å². The number of unbranched alkanes of at least 4 members (excludes halogenated alkanes) is 2. The number of allylic oxidation sites excluding steroid dienone is 1. The topological polar surface area (TPSA) is 153 Å². The molecule has 1 aliphatic heterocycles. The minimum atomic E-state index is -1.50. The number of nitro benzene ring substituents is 1. The molecule has 0 spiro atoms. The van der Waals surface area contributed by atoms with Gasteiger partial charge in [0.2, 0.25) is 11.7 Å². The maximum Gasteiger partial charge on any atom is 0.269 e. The molecule has 9 rings (SSSR count). The van der Waals surface area contributed by atoms with Crippen LogP contribution in [0.2, 0.25) is 0 Å². The average Bonchev–Trinajstić information content (AvgIpc) is 3.98. The molecule has 0 bridgehead atoms. The summed E-state index contributed by atoms with van der Waals surface area (Å²) in [6, 6.07) is 35.8. The van der Waals surface area contributed by atoms with E-state index in [0.29, 0.717) is 53.7 Å². The van der Waals surface area contributed by atoms with Crippen LogP contribution in [0.4, 0.5) is 10.1 Å². The van der Waals surface area contributed by atoms with E-state index in [1.165, 1.54) is 24.3 Å². The largest absolute Gasteiger partial charge is 0.459 e. The van der Waals surface area contributed by atoms with E-state index >= 15 is 4.79 Å². The molecule has 0 saturated heterocycles. The van der Waals surface area contributed by atoms with Crippen LogP contribution in [0.25, 0.3) is 11.1 Å². The number of carbonyl (C=O) groups is 1.